The van der Waals surface area contributed by atoms with Gasteiger partial charge >= 0.3 is 0 Å². The summed E-state index contributed by atoms with van der Waals surface area (Å²) in [5.41, 5.74) is 2.66. The Morgan fingerprint density at radius 1 is 0.590 bits per heavy atom. The van der Waals surface area contributed by atoms with Crippen LogP contribution in [0, 0.1) is 0 Å². The van der Waals surface area contributed by atoms with Gasteiger partial charge in [0.25, 0.3) is 20.2 Å². The van der Waals surface area contributed by atoms with Crippen molar-refractivity contribution in [1.82, 2.24) is 4.57 Å². The zero-order valence-corrected chi connectivity index (χ0v) is 34.1. The van der Waals surface area contributed by atoms with Gasteiger partial charge < -0.3 is 38.5 Å². The van der Waals surface area contributed by atoms with Gasteiger partial charge in [-0.1, -0.05) is 42.5 Å². The third-order valence-corrected chi connectivity index (χ3v) is 12.1. The van der Waals surface area contributed by atoms with Crippen LogP contribution in [-0.4, -0.2) is 93.6 Å². The summed E-state index contributed by atoms with van der Waals surface area (Å²) in [7, 11) is -9.13. The lowest BCUT2D eigenvalue weighted by Crippen LogP contribution is -2.34. The topological polar surface area (TPSA) is 200 Å². The summed E-state index contributed by atoms with van der Waals surface area (Å²) in [6.07, 6.45) is 3.89. The van der Waals surface area contributed by atoms with Gasteiger partial charge in [0.1, 0.15) is 30.5 Å². The summed E-state index contributed by atoms with van der Waals surface area (Å²) in [6.45, 7) is 1.34. The molecule has 2 heterocycles. The summed E-state index contributed by atoms with van der Waals surface area (Å²) in [6, 6.07) is 32.4. The Kier molecular flexibility index (Phi) is 11.9. The predicted molar refractivity (Wildman–Crippen MR) is 228 cm³/mol. The number of aromatic nitrogens is 1. The molecule has 16 heteroatoms. The van der Waals surface area contributed by atoms with E-state index in [0.29, 0.717) is 80.0 Å². The van der Waals surface area contributed by atoms with E-state index in [2.05, 4.69) is 0 Å². The molecular formula is C45H41NO13S2. The Morgan fingerprint density at radius 2 is 1.15 bits per heavy atom. The number of para-hydroxylation sites is 1. The molecule has 61 heavy (non-hydrogen) atoms. The molecule has 316 valence electrons. The zero-order valence-electron chi connectivity index (χ0n) is 32.5. The van der Waals surface area contributed by atoms with E-state index in [1.807, 2.05) is 89.5 Å². The fraction of sp³-hybridized carbons (Fsp3) is 0.200. The molecule has 0 radical (unpaired) electrons. The van der Waals surface area contributed by atoms with Crippen LogP contribution in [0.3, 0.4) is 0 Å². The first-order chi connectivity index (χ1) is 29.4. The van der Waals surface area contributed by atoms with Gasteiger partial charge in [-0.2, -0.15) is 16.8 Å². The standard InChI is InChI=1S/C45H41NO13S2/c47-21-23-55-25-27-57-33-11-5-30(6-12-33)45(31-7-13-34(14-8-31)58-28-26-56-24-22-48)20-19-39-43-42(40-29-36(61(52,53)54)17-18-37(40)44(39)59-45)38-3-1-2-4-41(38)46(43)32-9-15-35(16-10-32)60(49,50)51/h1-20,29,47-48H,21-28H2,(H,49,50,51)(H,52,53,54). The highest BCUT2D eigenvalue weighted by Crippen LogP contribution is 2.51. The highest BCUT2D eigenvalue weighted by molar-refractivity contribution is 7.86. The summed E-state index contributed by atoms with van der Waals surface area (Å²) < 4.78 is 101. The van der Waals surface area contributed by atoms with Crippen molar-refractivity contribution in [2.24, 2.45) is 0 Å². The molecule has 6 aromatic carbocycles. The predicted octanol–water partition coefficient (Wildman–Crippen LogP) is 6.56. The summed E-state index contributed by atoms with van der Waals surface area (Å²) >= 11 is 0. The molecule has 1 aliphatic heterocycles. The lowest BCUT2D eigenvalue weighted by atomic mass is 9.82. The van der Waals surface area contributed by atoms with Crippen LogP contribution in [0.1, 0.15) is 16.7 Å². The molecule has 1 aromatic heterocycles. The van der Waals surface area contributed by atoms with E-state index in [1.165, 1.54) is 24.3 Å². The number of benzene rings is 6. The Hall–Kier alpha value is -5.82. The van der Waals surface area contributed by atoms with Crippen molar-refractivity contribution in [3.05, 3.63) is 138 Å². The first-order valence-electron chi connectivity index (χ1n) is 19.2. The van der Waals surface area contributed by atoms with Crippen molar-refractivity contribution in [3.8, 4) is 22.9 Å². The Balaban J connectivity index is 1.34. The van der Waals surface area contributed by atoms with Gasteiger partial charge in [-0.05, 0) is 90.3 Å². The van der Waals surface area contributed by atoms with Crippen LogP contribution in [0.25, 0.3) is 44.3 Å². The second kappa shape index (κ2) is 17.3. The van der Waals surface area contributed by atoms with Gasteiger partial charge in [0, 0.05) is 38.5 Å². The van der Waals surface area contributed by atoms with Crippen LogP contribution in [0.15, 0.2) is 131 Å². The lowest BCUT2D eigenvalue weighted by molar-refractivity contribution is 0.0705. The molecule has 0 aliphatic carbocycles. The minimum Gasteiger partial charge on any atom is -0.491 e. The van der Waals surface area contributed by atoms with Crippen LogP contribution in [0.2, 0.25) is 0 Å². The highest BCUT2D eigenvalue weighted by Gasteiger charge is 2.39. The molecule has 8 rings (SSSR count). The van der Waals surface area contributed by atoms with Gasteiger partial charge in [0.15, 0.2) is 5.60 Å². The van der Waals surface area contributed by atoms with Crippen molar-refractivity contribution >= 4 is 58.9 Å². The van der Waals surface area contributed by atoms with Gasteiger partial charge in [0.05, 0.1) is 60.5 Å². The molecule has 4 N–H and O–H groups in total. The molecular weight excluding hydrogens is 827 g/mol. The molecule has 0 bridgehead atoms. The number of hydrogen-bond acceptors (Lipinski definition) is 11. The summed E-state index contributed by atoms with van der Waals surface area (Å²) in [5, 5.41) is 20.5. The minimum absolute atomic E-state index is 0.0888. The minimum atomic E-state index is -4.65. The smallest absolute Gasteiger partial charge is 0.294 e. The molecule has 0 unspecified atom stereocenters. The third-order valence-electron chi connectivity index (χ3n) is 10.3. The second-order valence-corrected chi connectivity index (χ2v) is 16.9. The largest absolute Gasteiger partial charge is 0.491 e. The first-order valence-corrected chi connectivity index (χ1v) is 22.1. The first kappa shape index (κ1) is 41.9. The van der Waals surface area contributed by atoms with Gasteiger partial charge in [0.2, 0.25) is 0 Å². The summed E-state index contributed by atoms with van der Waals surface area (Å²) in [4.78, 5) is -0.601. The fourth-order valence-electron chi connectivity index (χ4n) is 7.65. The molecule has 1 aliphatic rings. The molecule has 14 nitrogen and oxygen atoms in total. The maximum atomic E-state index is 12.6. The van der Waals surface area contributed by atoms with E-state index < -0.39 is 25.8 Å². The van der Waals surface area contributed by atoms with Crippen LogP contribution in [-0.2, 0) is 35.3 Å². The monoisotopic (exact) mass is 867 g/mol. The van der Waals surface area contributed by atoms with Gasteiger partial charge in [-0.3, -0.25) is 9.11 Å². The van der Waals surface area contributed by atoms with Crippen molar-refractivity contribution in [2.45, 2.75) is 15.4 Å². The van der Waals surface area contributed by atoms with Crippen LogP contribution >= 0.6 is 0 Å². The molecule has 0 saturated carbocycles. The van der Waals surface area contributed by atoms with Crippen molar-refractivity contribution < 1.29 is 59.8 Å². The number of aliphatic hydroxyl groups excluding tert-OH is 2. The van der Waals surface area contributed by atoms with E-state index >= 15 is 0 Å². The molecule has 0 fully saturated rings. The van der Waals surface area contributed by atoms with Gasteiger partial charge in [-0.25, -0.2) is 0 Å². The Labute approximate surface area is 351 Å². The van der Waals surface area contributed by atoms with Crippen molar-refractivity contribution in [1.29, 1.82) is 0 Å². The second-order valence-electron chi connectivity index (χ2n) is 14.1. The number of nitrogens with zero attached hydrogens (tertiary/aromatic N) is 1. The average Bonchev–Trinajstić information content (AvgIpc) is 3.61. The van der Waals surface area contributed by atoms with Crippen LogP contribution in [0.5, 0.6) is 17.2 Å². The molecule has 0 atom stereocenters. The molecule has 0 saturated heterocycles. The van der Waals surface area contributed by atoms with Crippen LogP contribution in [0.4, 0.5) is 0 Å². The van der Waals surface area contributed by atoms with Crippen molar-refractivity contribution in [3.63, 3.8) is 0 Å². The number of aliphatic hydroxyl groups is 2. The summed E-state index contributed by atoms with van der Waals surface area (Å²) in [5.74, 6) is 1.55. The molecule has 0 amide bonds. The van der Waals surface area contributed by atoms with E-state index in [0.717, 1.165) is 5.39 Å². The number of fused-ring (bicyclic) bond motifs is 8. The number of ether oxygens (including phenoxy) is 5. The van der Waals surface area contributed by atoms with E-state index in [4.69, 9.17) is 33.9 Å². The quantitative estimate of drug-likeness (QED) is 0.0568. The zero-order chi connectivity index (χ0) is 42.8. The number of rotatable bonds is 17. The SMILES string of the molecule is O=S(=O)(O)c1ccc(-n2c3ccccc3c3c4cc(S(=O)(=O)O)ccc4c4c(c32)C=CC(c2ccc(OCCOCCO)cc2)(c2ccc(OCCOCCO)cc2)O4)cc1. The molecule has 7 aromatic rings. The van der Waals surface area contributed by atoms with Gasteiger partial charge in [-0.15, -0.1) is 0 Å². The maximum absolute atomic E-state index is 12.6. The fourth-order valence-corrected chi connectivity index (χ4v) is 8.64. The van der Waals surface area contributed by atoms with E-state index in [1.54, 1.807) is 18.2 Å². The Morgan fingerprint density at radius 3 is 1.70 bits per heavy atom. The Bertz CT molecular complexity index is 2910. The maximum Gasteiger partial charge on any atom is 0.294 e. The van der Waals surface area contributed by atoms with Crippen molar-refractivity contribution in [2.75, 3.05) is 52.9 Å². The molecule has 0 spiro atoms. The van der Waals surface area contributed by atoms with E-state index in [-0.39, 0.29) is 49.4 Å². The van der Waals surface area contributed by atoms with E-state index in [9.17, 15) is 25.9 Å². The highest BCUT2D eigenvalue weighted by atomic mass is 32.2. The third kappa shape index (κ3) is 8.32. The average molecular weight is 868 g/mol. The van der Waals surface area contributed by atoms with Crippen LogP contribution < -0.4 is 14.2 Å². The normalized spacial score (nSPS) is 13.7. The number of hydrogen-bond donors (Lipinski definition) is 4. The lowest BCUT2D eigenvalue weighted by Gasteiger charge is -2.37.